The third-order valence-electron chi connectivity index (χ3n) is 7.21. The number of aromatic amines is 1. The SMILES string of the molecule is Cc1ccc(C(c2cnc[nH]2)N2CCC(N(Cc3ccccc3)C(=O)Nc3ccco3)CC2)cc1C(F)(F)F. The van der Waals surface area contributed by atoms with E-state index in [1.165, 1.54) is 31.6 Å². The van der Waals surface area contributed by atoms with Crippen molar-refractivity contribution in [2.45, 2.75) is 44.6 Å². The highest BCUT2D eigenvalue weighted by atomic mass is 19.4. The van der Waals surface area contributed by atoms with Gasteiger partial charge in [-0.2, -0.15) is 13.2 Å². The Kier molecular flexibility index (Phi) is 7.74. The minimum Gasteiger partial charge on any atom is -0.449 e. The summed E-state index contributed by atoms with van der Waals surface area (Å²) < 4.78 is 46.5. The van der Waals surface area contributed by atoms with Crippen LogP contribution in [0, 0.1) is 6.92 Å². The average molecular weight is 538 g/mol. The van der Waals surface area contributed by atoms with Gasteiger partial charge in [0.15, 0.2) is 0 Å². The Morgan fingerprint density at radius 3 is 2.56 bits per heavy atom. The van der Waals surface area contributed by atoms with E-state index in [2.05, 4.69) is 20.2 Å². The molecule has 7 nitrogen and oxygen atoms in total. The number of amides is 2. The van der Waals surface area contributed by atoms with Gasteiger partial charge >= 0.3 is 12.2 Å². The van der Waals surface area contributed by atoms with Gasteiger partial charge in [-0.25, -0.2) is 9.78 Å². The molecular weight excluding hydrogens is 507 g/mol. The zero-order chi connectivity index (χ0) is 27.4. The number of anilines is 1. The second-order valence-corrected chi connectivity index (χ2v) is 9.77. The zero-order valence-electron chi connectivity index (χ0n) is 21.5. The number of halogens is 3. The number of furan rings is 1. The molecule has 2 aromatic carbocycles. The molecule has 39 heavy (non-hydrogen) atoms. The maximum absolute atomic E-state index is 13.7. The van der Waals surface area contributed by atoms with Crippen LogP contribution in [0.5, 0.6) is 0 Å². The number of carbonyl (C=O) groups excluding carboxylic acids is 1. The molecule has 0 saturated carbocycles. The molecule has 4 aromatic rings. The number of piperidine rings is 1. The Morgan fingerprint density at radius 2 is 1.92 bits per heavy atom. The molecule has 1 saturated heterocycles. The summed E-state index contributed by atoms with van der Waals surface area (Å²) in [6, 6.07) is 16.9. The number of rotatable bonds is 7. The van der Waals surface area contributed by atoms with E-state index in [1.54, 1.807) is 24.4 Å². The summed E-state index contributed by atoms with van der Waals surface area (Å²) in [5, 5.41) is 2.83. The molecule has 2 aromatic heterocycles. The van der Waals surface area contributed by atoms with Crippen molar-refractivity contribution in [2.75, 3.05) is 18.4 Å². The van der Waals surface area contributed by atoms with Gasteiger partial charge in [-0.1, -0.05) is 42.5 Å². The van der Waals surface area contributed by atoms with Crippen molar-refractivity contribution in [2.24, 2.45) is 0 Å². The Balaban J connectivity index is 1.37. The van der Waals surface area contributed by atoms with Crippen molar-refractivity contribution >= 4 is 11.9 Å². The van der Waals surface area contributed by atoms with E-state index in [-0.39, 0.29) is 17.6 Å². The number of nitrogens with one attached hydrogen (secondary N) is 2. The molecule has 0 bridgehead atoms. The van der Waals surface area contributed by atoms with Gasteiger partial charge in [0.2, 0.25) is 5.88 Å². The third-order valence-corrected chi connectivity index (χ3v) is 7.21. The van der Waals surface area contributed by atoms with E-state index in [4.69, 9.17) is 4.42 Å². The standard InChI is InChI=1S/C29H30F3N5O2/c1-20-9-10-22(16-24(20)29(30,31)32)27(25-17-33-19-34-25)36-13-11-23(12-14-36)37(18-21-6-3-2-4-7-21)28(38)35-26-8-5-15-39-26/h2-10,15-17,19,23,27H,11-14,18H2,1H3,(H,33,34)(H,35,38). The van der Waals surface area contributed by atoms with Crippen LogP contribution < -0.4 is 5.32 Å². The Labute approximate surface area is 224 Å². The van der Waals surface area contributed by atoms with Crippen molar-refractivity contribution in [3.63, 3.8) is 0 Å². The Morgan fingerprint density at radius 1 is 1.15 bits per heavy atom. The van der Waals surface area contributed by atoms with Gasteiger partial charge < -0.3 is 14.3 Å². The smallest absolute Gasteiger partial charge is 0.416 e. The second-order valence-electron chi connectivity index (χ2n) is 9.77. The van der Waals surface area contributed by atoms with Crippen LogP contribution in [0.1, 0.15) is 46.8 Å². The van der Waals surface area contributed by atoms with Crippen molar-refractivity contribution in [1.29, 1.82) is 0 Å². The lowest BCUT2D eigenvalue weighted by atomic mass is 9.94. The number of likely N-dealkylation sites (tertiary alicyclic amines) is 1. The van der Waals surface area contributed by atoms with Gasteiger partial charge in [0.1, 0.15) is 0 Å². The normalized spacial score (nSPS) is 15.7. The Bertz CT molecular complexity index is 1350. The first kappa shape index (κ1) is 26.6. The van der Waals surface area contributed by atoms with Crippen LogP contribution in [0.4, 0.5) is 23.8 Å². The van der Waals surface area contributed by atoms with Crippen LogP contribution in [-0.4, -0.2) is 44.9 Å². The maximum atomic E-state index is 13.7. The molecule has 1 aliphatic heterocycles. The molecule has 0 radical (unpaired) electrons. The summed E-state index contributed by atoms with van der Waals surface area (Å²) in [6.07, 6.45) is 1.56. The van der Waals surface area contributed by atoms with Gasteiger partial charge in [-0.3, -0.25) is 10.2 Å². The van der Waals surface area contributed by atoms with Crippen LogP contribution in [0.3, 0.4) is 0 Å². The molecule has 10 heteroatoms. The van der Waals surface area contributed by atoms with E-state index in [1.807, 2.05) is 35.2 Å². The molecule has 5 rings (SSSR count). The molecule has 1 unspecified atom stereocenters. The minimum absolute atomic E-state index is 0.0670. The Hall–Kier alpha value is -4.05. The van der Waals surface area contributed by atoms with Crippen molar-refractivity contribution in [1.82, 2.24) is 19.8 Å². The molecule has 0 spiro atoms. The highest BCUT2D eigenvalue weighted by molar-refractivity contribution is 5.88. The number of H-pyrrole nitrogens is 1. The van der Waals surface area contributed by atoms with Gasteiger partial charge in [0.05, 0.1) is 29.9 Å². The number of carbonyl (C=O) groups is 1. The summed E-state index contributed by atoms with van der Waals surface area (Å²) >= 11 is 0. The molecule has 2 N–H and O–H groups in total. The number of hydrogen-bond acceptors (Lipinski definition) is 4. The monoisotopic (exact) mass is 537 g/mol. The van der Waals surface area contributed by atoms with E-state index >= 15 is 0 Å². The highest BCUT2D eigenvalue weighted by Crippen LogP contribution is 2.37. The van der Waals surface area contributed by atoms with Crippen LogP contribution in [0.2, 0.25) is 0 Å². The average Bonchev–Trinajstić information content (AvgIpc) is 3.64. The van der Waals surface area contributed by atoms with E-state index in [0.29, 0.717) is 43.9 Å². The fourth-order valence-corrected chi connectivity index (χ4v) is 5.25. The molecule has 2 amide bonds. The molecule has 1 aliphatic rings. The van der Waals surface area contributed by atoms with Gasteiger partial charge in [-0.15, -0.1) is 0 Å². The van der Waals surface area contributed by atoms with Gasteiger partial charge in [0.25, 0.3) is 0 Å². The van der Waals surface area contributed by atoms with E-state index in [0.717, 1.165) is 11.3 Å². The molecule has 3 heterocycles. The topological polar surface area (TPSA) is 77.4 Å². The first-order valence-corrected chi connectivity index (χ1v) is 12.8. The van der Waals surface area contributed by atoms with E-state index < -0.39 is 17.8 Å². The third kappa shape index (κ3) is 6.17. The largest absolute Gasteiger partial charge is 0.449 e. The van der Waals surface area contributed by atoms with Crippen LogP contribution >= 0.6 is 0 Å². The summed E-state index contributed by atoms with van der Waals surface area (Å²) in [7, 11) is 0. The molecule has 1 atom stereocenters. The van der Waals surface area contributed by atoms with Gasteiger partial charge in [-0.05, 0) is 48.6 Å². The highest BCUT2D eigenvalue weighted by Gasteiger charge is 2.36. The van der Waals surface area contributed by atoms with Crippen molar-refractivity contribution in [3.8, 4) is 0 Å². The van der Waals surface area contributed by atoms with Crippen molar-refractivity contribution < 1.29 is 22.4 Å². The van der Waals surface area contributed by atoms with Crippen LogP contribution in [0.15, 0.2) is 83.9 Å². The number of imidazole rings is 1. The van der Waals surface area contributed by atoms with Crippen LogP contribution in [-0.2, 0) is 12.7 Å². The number of aryl methyl sites for hydroxylation is 1. The predicted octanol–water partition coefficient (Wildman–Crippen LogP) is 6.62. The van der Waals surface area contributed by atoms with Crippen molar-refractivity contribution in [3.05, 3.63) is 107 Å². The summed E-state index contributed by atoms with van der Waals surface area (Å²) in [5.74, 6) is 0.370. The number of nitrogens with zero attached hydrogens (tertiary/aromatic N) is 3. The fourth-order valence-electron chi connectivity index (χ4n) is 5.25. The van der Waals surface area contributed by atoms with Gasteiger partial charge in [0, 0.05) is 37.9 Å². The molecule has 204 valence electrons. The first-order valence-electron chi connectivity index (χ1n) is 12.8. The number of benzene rings is 2. The molecule has 0 aliphatic carbocycles. The summed E-state index contributed by atoms with van der Waals surface area (Å²) in [4.78, 5) is 24.5. The lowest BCUT2D eigenvalue weighted by molar-refractivity contribution is -0.138. The number of alkyl halides is 3. The second kappa shape index (κ2) is 11.4. The number of hydrogen-bond donors (Lipinski definition) is 2. The molecule has 1 fully saturated rings. The lowest BCUT2D eigenvalue weighted by Gasteiger charge is -2.41. The predicted molar refractivity (Wildman–Crippen MR) is 141 cm³/mol. The maximum Gasteiger partial charge on any atom is 0.416 e. The fraction of sp³-hybridized carbons (Fsp3) is 0.310. The number of urea groups is 1. The summed E-state index contributed by atoms with van der Waals surface area (Å²) in [6.45, 7) is 3.07. The quantitative estimate of drug-likeness (QED) is 0.278. The summed E-state index contributed by atoms with van der Waals surface area (Å²) in [5.41, 5.74) is 1.83. The minimum atomic E-state index is -4.44. The lowest BCUT2D eigenvalue weighted by Crippen LogP contribution is -2.49. The van der Waals surface area contributed by atoms with E-state index in [9.17, 15) is 18.0 Å². The molecular formula is C29H30F3N5O2. The number of aromatic nitrogens is 2. The first-order chi connectivity index (χ1) is 18.8. The zero-order valence-corrected chi connectivity index (χ0v) is 21.5. The van der Waals surface area contributed by atoms with Crippen LogP contribution in [0.25, 0.3) is 0 Å².